The van der Waals surface area contributed by atoms with Gasteiger partial charge >= 0.3 is 6.03 Å². The number of rotatable bonds is 3. The van der Waals surface area contributed by atoms with Crippen LogP contribution in [0.2, 0.25) is 0 Å². The average Bonchev–Trinajstić information content (AvgIpc) is 2.27. The molecule has 1 aromatic rings. The Labute approximate surface area is 97.4 Å². The van der Waals surface area contributed by atoms with Crippen molar-refractivity contribution in [2.24, 2.45) is 0 Å². The molecular weight excluding hydrogens is 228 g/mol. The van der Waals surface area contributed by atoms with Gasteiger partial charge in [-0.05, 0) is 24.4 Å². The van der Waals surface area contributed by atoms with Crippen molar-refractivity contribution >= 4 is 35.5 Å². The normalized spacial score (nSPS) is 8.75. The van der Waals surface area contributed by atoms with Crippen LogP contribution in [0.25, 0.3) is 0 Å². The van der Waals surface area contributed by atoms with Crippen molar-refractivity contribution in [1.29, 1.82) is 0 Å². The minimum atomic E-state index is -0.489. The minimum absolute atomic E-state index is 0.000492. The maximum absolute atomic E-state index is 11.3. The number of nitrogens with one attached hydrogen (secondary N) is 4. The van der Waals surface area contributed by atoms with Gasteiger partial charge in [0.1, 0.15) is 0 Å². The number of anilines is 1. The Balaban J connectivity index is 2.36. The molecule has 0 unspecified atom stereocenters. The first-order valence-corrected chi connectivity index (χ1v) is 4.75. The largest absolute Gasteiger partial charge is 0.325 e. The van der Waals surface area contributed by atoms with Crippen molar-refractivity contribution in [3.05, 3.63) is 30.3 Å². The molecule has 0 radical (unpaired) electrons. The molecule has 1 aromatic carbocycles. The summed E-state index contributed by atoms with van der Waals surface area (Å²) in [6, 6.07) is 8.40. The number of carbonyl (C=O) groups is 2. The van der Waals surface area contributed by atoms with E-state index in [1.54, 1.807) is 24.3 Å². The third-order valence-corrected chi connectivity index (χ3v) is 1.71. The van der Waals surface area contributed by atoms with E-state index >= 15 is 0 Å². The summed E-state index contributed by atoms with van der Waals surface area (Å²) < 4.78 is 0. The Hall–Kier alpha value is -2.15. The zero-order chi connectivity index (χ0) is 11.8. The van der Waals surface area contributed by atoms with Gasteiger partial charge in [0.05, 0.1) is 0 Å². The number of hydrogen-bond donors (Lipinski definition) is 4. The van der Waals surface area contributed by atoms with E-state index in [-0.39, 0.29) is 5.11 Å². The van der Waals surface area contributed by atoms with Crippen LogP contribution in [0.15, 0.2) is 30.3 Å². The van der Waals surface area contributed by atoms with E-state index in [4.69, 9.17) is 12.2 Å². The highest BCUT2D eigenvalue weighted by atomic mass is 32.1. The first-order chi connectivity index (χ1) is 7.72. The highest BCUT2D eigenvalue weighted by Gasteiger charge is 2.02. The summed E-state index contributed by atoms with van der Waals surface area (Å²) in [5.74, 6) is 0. The number of benzene rings is 1. The molecule has 0 spiro atoms. The number of hydrogen-bond acceptors (Lipinski definition) is 3. The Kier molecular flexibility index (Phi) is 4.74. The first kappa shape index (κ1) is 11.9. The molecule has 0 aromatic heterocycles. The molecule has 0 saturated carbocycles. The monoisotopic (exact) mass is 238 g/mol. The summed E-state index contributed by atoms with van der Waals surface area (Å²) in [4.78, 5) is 21.2. The van der Waals surface area contributed by atoms with Gasteiger partial charge in [-0.3, -0.25) is 21.0 Å². The molecule has 0 aliphatic rings. The van der Waals surface area contributed by atoms with Gasteiger partial charge in [-0.15, -0.1) is 0 Å². The molecule has 6 nitrogen and oxygen atoms in total. The van der Waals surface area contributed by atoms with Crippen LogP contribution >= 0.6 is 12.2 Å². The molecule has 84 valence electrons. The predicted octanol–water partition coefficient (Wildman–Crippen LogP) is 0.344. The number of para-hydroxylation sites is 1. The van der Waals surface area contributed by atoms with Crippen LogP contribution in [0.1, 0.15) is 0 Å². The predicted molar refractivity (Wildman–Crippen MR) is 63.5 cm³/mol. The topological polar surface area (TPSA) is 82.3 Å². The molecule has 0 heterocycles. The number of thiocarbonyl (C=S) groups is 1. The molecule has 0 fully saturated rings. The van der Waals surface area contributed by atoms with E-state index in [1.165, 1.54) is 0 Å². The lowest BCUT2D eigenvalue weighted by atomic mass is 10.3. The Morgan fingerprint density at radius 2 is 1.94 bits per heavy atom. The van der Waals surface area contributed by atoms with Crippen molar-refractivity contribution in [3.8, 4) is 0 Å². The Morgan fingerprint density at radius 1 is 1.25 bits per heavy atom. The van der Waals surface area contributed by atoms with Gasteiger partial charge in [0.15, 0.2) is 5.11 Å². The van der Waals surface area contributed by atoms with E-state index in [0.717, 1.165) is 0 Å². The summed E-state index contributed by atoms with van der Waals surface area (Å²) in [5, 5.41) is 4.87. The molecule has 0 aliphatic heterocycles. The van der Waals surface area contributed by atoms with Gasteiger partial charge in [-0.25, -0.2) is 4.79 Å². The Bertz CT molecular complexity index is 382. The van der Waals surface area contributed by atoms with Gasteiger partial charge < -0.3 is 5.32 Å². The second kappa shape index (κ2) is 6.36. The van der Waals surface area contributed by atoms with Crippen molar-refractivity contribution in [1.82, 2.24) is 16.2 Å². The van der Waals surface area contributed by atoms with Crippen LogP contribution in [0, 0.1) is 0 Å². The standard InChI is InChI=1S/C9H10N4O2S/c14-6-10-13-9(16)12-8(15)11-7-4-2-1-3-5-7/h1-6H,(H,10,14)(H3,11,12,13,15,16). The zero-order valence-corrected chi connectivity index (χ0v) is 9.01. The highest BCUT2D eigenvalue weighted by molar-refractivity contribution is 7.80. The summed E-state index contributed by atoms with van der Waals surface area (Å²) in [5.41, 5.74) is 5.04. The molecule has 1 rings (SSSR count). The lowest BCUT2D eigenvalue weighted by Crippen LogP contribution is -2.46. The van der Waals surface area contributed by atoms with E-state index in [9.17, 15) is 9.59 Å². The van der Waals surface area contributed by atoms with Gasteiger partial charge in [0.2, 0.25) is 6.41 Å². The number of amides is 3. The maximum Gasteiger partial charge on any atom is 0.325 e. The van der Waals surface area contributed by atoms with Gasteiger partial charge in [0, 0.05) is 5.69 Å². The number of urea groups is 1. The van der Waals surface area contributed by atoms with Crippen molar-refractivity contribution in [2.75, 3.05) is 5.32 Å². The van der Waals surface area contributed by atoms with Crippen molar-refractivity contribution in [2.45, 2.75) is 0 Å². The van der Waals surface area contributed by atoms with E-state index in [1.807, 2.05) is 6.07 Å². The molecule has 0 atom stereocenters. The summed E-state index contributed by atoms with van der Waals surface area (Å²) in [7, 11) is 0. The Morgan fingerprint density at radius 3 is 2.56 bits per heavy atom. The molecule has 3 amide bonds. The molecule has 0 bridgehead atoms. The van der Waals surface area contributed by atoms with Crippen molar-refractivity contribution < 1.29 is 9.59 Å². The van der Waals surface area contributed by atoms with Crippen LogP contribution in [-0.2, 0) is 4.79 Å². The number of carbonyl (C=O) groups excluding carboxylic acids is 2. The highest BCUT2D eigenvalue weighted by Crippen LogP contribution is 2.03. The van der Waals surface area contributed by atoms with Crippen LogP contribution in [0.5, 0.6) is 0 Å². The van der Waals surface area contributed by atoms with Crippen molar-refractivity contribution in [3.63, 3.8) is 0 Å². The molecule has 0 aliphatic carbocycles. The fraction of sp³-hybridized carbons (Fsp3) is 0. The van der Waals surface area contributed by atoms with Crippen LogP contribution in [0.4, 0.5) is 10.5 Å². The third kappa shape index (κ3) is 4.38. The third-order valence-electron chi connectivity index (χ3n) is 1.50. The smallest absolute Gasteiger partial charge is 0.308 e. The fourth-order valence-corrected chi connectivity index (χ4v) is 1.06. The quantitative estimate of drug-likeness (QED) is 0.348. The second-order valence-corrected chi connectivity index (χ2v) is 3.07. The molecule has 7 heteroatoms. The maximum atomic E-state index is 11.3. The lowest BCUT2D eigenvalue weighted by molar-refractivity contribution is -0.110. The van der Waals surface area contributed by atoms with Crippen LogP contribution in [0.3, 0.4) is 0 Å². The fourth-order valence-electron chi connectivity index (χ4n) is 0.913. The molecule has 4 N–H and O–H groups in total. The summed E-state index contributed by atoms with van der Waals surface area (Å²) in [6.07, 6.45) is 0.406. The zero-order valence-electron chi connectivity index (χ0n) is 8.19. The first-order valence-electron chi connectivity index (χ1n) is 4.34. The molecule has 16 heavy (non-hydrogen) atoms. The summed E-state index contributed by atoms with van der Waals surface area (Å²) >= 11 is 4.71. The van der Waals surface area contributed by atoms with Gasteiger partial charge in [0.25, 0.3) is 0 Å². The SMILES string of the molecule is O=CNNC(=S)NC(=O)Nc1ccccc1. The van der Waals surface area contributed by atoms with Gasteiger partial charge in [-0.2, -0.15) is 0 Å². The second-order valence-electron chi connectivity index (χ2n) is 2.66. The lowest BCUT2D eigenvalue weighted by Gasteiger charge is -2.08. The van der Waals surface area contributed by atoms with Crippen LogP contribution in [-0.4, -0.2) is 17.6 Å². The average molecular weight is 238 g/mol. The molecular formula is C9H10N4O2S. The van der Waals surface area contributed by atoms with E-state index in [0.29, 0.717) is 12.1 Å². The number of hydrazine groups is 1. The molecule has 0 saturated heterocycles. The minimum Gasteiger partial charge on any atom is -0.308 e. The van der Waals surface area contributed by atoms with Crippen LogP contribution < -0.4 is 21.5 Å². The van der Waals surface area contributed by atoms with E-state index in [2.05, 4.69) is 21.5 Å². The van der Waals surface area contributed by atoms with Gasteiger partial charge in [-0.1, -0.05) is 18.2 Å². The summed E-state index contributed by atoms with van der Waals surface area (Å²) in [6.45, 7) is 0. The van der Waals surface area contributed by atoms with E-state index < -0.39 is 6.03 Å².